The summed E-state index contributed by atoms with van der Waals surface area (Å²) in [4.78, 5) is 10.6. The van der Waals surface area contributed by atoms with E-state index in [1.54, 1.807) is 13.2 Å². The third-order valence-electron chi connectivity index (χ3n) is 3.93. The Hall–Kier alpha value is -1.73. The highest BCUT2D eigenvalue weighted by Crippen LogP contribution is 2.28. The van der Waals surface area contributed by atoms with Gasteiger partial charge in [0.25, 0.3) is 0 Å². The number of hydrogen-bond acceptors (Lipinski definition) is 6. The van der Waals surface area contributed by atoms with Crippen molar-refractivity contribution in [3.8, 4) is 11.4 Å². The number of aryl methyl sites for hydroxylation is 1. The lowest BCUT2D eigenvalue weighted by Gasteiger charge is -2.37. The molecule has 0 amide bonds. The Morgan fingerprint density at radius 1 is 1.18 bits per heavy atom. The number of anilines is 1. The molecule has 0 atom stereocenters. The molecule has 1 saturated heterocycles. The molecule has 2 aromatic heterocycles. The normalized spacial score (nSPS) is 16.5. The van der Waals surface area contributed by atoms with E-state index < -0.39 is 0 Å². The summed E-state index contributed by atoms with van der Waals surface area (Å²) < 4.78 is 0. The maximum absolute atomic E-state index is 6.42. The van der Waals surface area contributed by atoms with Crippen LogP contribution >= 0.6 is 11.6 Å². The summed E-state index contributed by atoms with van der Waals surface area (Å²) in [6.07, 6.45) is 1.76. The van der Waals surface area contributed by atoms with Crippen molar-refractivity contribution in [3.05, 3.63) is 17.3 Å². The van der Waals surface area contributed by atoms with Crippen LogP contribution in [0.2, 0.25) is 5.02 Å². The SMILES string of the molecule is CC(C)N1CCN(c2ncc(-c3nnn(C)n3)cc2Cl)CC1. The molecule has 0 unspecified atom stereocenters. The lowest BCUT2D eigenvalue weighted by molar-refractivity contribution is 0.209. The third kappa shape index (κ3) is 3.05. The monoisotopic (exact) mass is 321 g/mol. The van der Waals surface area contributed by atoms with E-state index in [2.05, 4.69) is 44.0 Å². The van der Waals surface area contributed by atoms with Gasteiger partial charge in [-0.3, -0.25) is 4.90 Å². The molecule has 0 bridgehead atoms. The Labute approximate surface area is 134 Å². The number of pyridine rings is 1. The topological polar surface area (TPSA) is 63.0 Å². The molecule has 1 aliphatic rings. The number of nitrogens with zero attached hydrogens (tertiary/aromatic N) is 7. The van der Waals surface area contributed by atoms with Crippen molar-refractivity contribution < 1.29 is 0 Å². The van der Waals surface area contributed by atoms with Crippen molar-refractivity contribution in [2.75, 3.05) is 31.1 Å². The van der Waals surface area contributed by atoms with Crippen LogP contribution in [-0.2, 0) is 7.05 Å². The summed E-state index contributed by atoms with van der Waals surface area (Å²) in [7, 11) is 1.73. The van der Waals surface area contributed by atoms with Crippen molar-refractivity contribution in [1.29, 1.82) is 0 Å². The van der Waals surface area contributed by atoms with Gasteiger partial charge in [-0.15, -0.1) is 10.2 Å². The van der Waals surface area contributed by atoms with Crippen LogP contribution in [0.15, 0.2) is 12.3 Å². The zero-order valence-corrected chi connectivity index (χ0v) is 13.8. The lowest BCUT2D eigenvalue weighted by Crippen LogP contribution is -2.49. The molecule has 22 heavy (non-hydrogen) atoms. The van der Waals surface area contributed by atoms with Gasteiger partial charge in [0.1, 0.15) is 5.82 Å². The predicted molar refractivity (Wildman–Crippen MR) is 86.0 cm³/mol. The smallest absolute Gasteiger partial charge is 0.206 e. The second-order valence-electron chi connectivity index (χ2n) is 5.75. The minimum Gasteiger partial charge on any atom is -0.353 e. The summed E-state index contributed by atoms with van der Waals surface area (Å²) in [5.41, 5.74) is 0.780. The summed E-state index contributed by atoms with van der Waals surface area (Å²) >= 11 is 6.42. The fraction of sp³-hybridized carbons (Fsp3) is 0.571. The Balaban J connectivity index is 1.76. The molecule has 1 fully saturated rings. The third-order valence-corrected chi connectivity index (χ3v) is 4.21. The van der Waals surface area contributed by atoms with Gasteiger partial charge >= 0.3 is 0 Å². The highest BCUT2D eigenvalue weighted by atomic mass is 35.5. The van der Waals surface area contributed by atoms with Crippen LogP contribution in [0, 0.1) is 0 Å². The minimum absolute atomic E-state index is 0.535. The van der Waals surface area contributed by atoms with Crippen molar-refractivity contribution in [1.82, 2.24) is 30.1 Å². The summed E-state index contributed by atoms with van der Waals surface area (Å²) in [5.74, 6) is 1.37. The molecule has 0 radical (unpaired) electrons. The Kier molecular flexibility index (Phi) is 4.26. The fourth-order valence-corrected chi connectivity index (χ4v) is 2.92. The molecule has 0 saturated carbocycles. The first kappa shape index (κ1) is 15.2. The van der Waals surface area contributed by atoms with Crippen LogP contribution < -0.4 is 4.90 Å². The quantitative estimate of drug-likeness (QED) is 0.853. The van der Waals surface area contributed by atoms with Gasteiger partial charge < -0.3 is 4.90 Å². The minimum atomic E-state index is 0.535. The predicted octanol–water partition coefficient (Wildman–Crippen LogP) is 1.46. The number of hydrogen-bond donors (Lipinski definition) is 0. The molecule has 3 heterocycles. The number of aromatic nitrogens is 5. The second kappa shape index (κ2) is 6.18. The molecule has 118 valence electrons. The van der Waals surface area contributed by atoms with E-state index in [4.69, 9.17) is 11.6 Å². The first-order valence-corrected chi connectivity index (χ1v) is 7.81. The van der Waals surface area contributed by atoms with E-state index in [0.717, 1.165) is 37.6 Å². The van der Waals surface area contributed by atoms with Crippen LogP contribution in [0.25, 0.3) is 11.4 Å². The first-order chi connectivity index (χ1) is 10.5. The molecule has 0 N–H and O–H groups in total. The molecule has 8 heteroatoms. The van der Waals surface area contributed by atoms with Crippen LogP contribution in [0.1, 0.15) is 13.8 Å². The van der Waals surface area contributed by atoms with Crippen LogP contribution in [0.3, 0.4) is 0 Å². The summed E-state index contributed by atoms with van der Waals surface area (Å²) in [5, 5.41) is 12.6. The zero-order valence-electron chi connectivity index (χ0n) is 13.1. The number of halogens is 1. The van der Waals surface area contributed by atoms with E-state index in [1.807, 2.05) is 6.07 Å². The summed E-state index contributed by atoms with van der Waals surface area (Å²) in [6, 6.07) is 2.44. The first-order valence-electron chi connectivity index (χ1n) is 7.43. The van der Waals surface area contributed by atoms with Crippen molar-refractivity contribution >= 4 is 17.4 Å². The molecule has 0 aliphatic carbocycles. The molecular weight excluding hydrogens is 302 g/mol. The van der Waals surface area contributed by atoms with Gasteiger partial charge in [-0.25, -0.2) is 4.98 Å². The maximum atomic E-state index is 6.42. The Bertz CT molecular complexity index is 646. The highest BCUT2D eigenvalue weighted by Gasteiger charge is 2.21. The number of tetrazole rings is 1. The van der Waals surface area contributed by atoms with Gasteiger partial charge in [0, 0.05) is 44.0 Å². The van der Waals surface area contributed by atoms with Gasteiger partial charge in [-0.1, -0.05) is 11.6 Å². The standard InChI is InChI=1S/C14H20ClN7/c1-10(2)21-4-6-22(7-5-21)14-12(15)8-11(9-16-14)13-17-19-20(3)18-13/h8-10H,4-7H2,1-3H3. The fourth-order valence-electron chi connectivity index (χ4n) is 2.64. The van der Waals surface area contributed by atoms with Crippen molar-refractivity contribution in [3.63, 3.8) is 0 Å². The largest absolute Gasteiger partial charge is 0.353 e. The van der Waals surface area contributed by atoms with Crippen molar-refractivity contribution in [2.24, 2.45) is 7.05 Å². The van der Waals surface area contributed by atoms with Gasteiger partial charge in [-0.05, 0) is 25.1 Å². The molecule has 2 aromatic rings. The van der Waals surface area contributed by atoms with E-state index in [9.17, 15) is 0 Å². The van der Waals surface area contributed by atoms with E-state index in [0.29, 0.717) is 16.9 Å². The maximum Gasteiger partial charge on any atom is 0.206 e. The van der Waals surface area contributed by atoms with E-state index in [-0.39, 0.29) is 0 Å². The molecule has 0 spiro atoms. The van der Waals surface area contributed by atoms with E-state index in [1.165, 1.54) is 4.80 Å². The van der Waals surface area contributed by atoms with E-state index >= 15 is 0 Å². The molecule has 1 aliphatic heterocycles. The Morgan fingerprint density at radius 3 is 2.45 bits per heavy atom. The second-order valence-corrected chi connectivity index (χ2v) is 6.16. The highest BCUT2D eigenvalue weighted by molar-refractivity contribution is 6.33. The molecule has 0 aromatic carbocycles. The van der Waals surface area contributed by atoms with Gasteiger partial charge in [0.2, 0.25) is 5.82 Å². The van der Waals surface area contributed by atoms with Crippen LogP contribution in [0.5, 0.6) is 0 Å². The van der Waals surface area contributed by atoms with Gasteiger partial charge in [-0.2, -0.15) is 4.80 Å². The van der Waals surface area contributed by atoms with Gasteiger partial charge in [0.05, 0.1) is 12.1 Å². The summed E-state index contributed by atoms with van der Waals surface area (Å²) in [6.45, 7) is 8.39. The molecular formula is C14H20ClN7. The number of piperazine rings is 1. The Morgan fingerprint density at radius 2 is 1.91 bits per heavy atom. The van der Waals surface area contributed by atoms with Gasteiger partial charge in [0.15, 0.2) is 0 Å². The average Bonchev–Trinajstić information content (AvgIpc) is 2.94. The van der Waals surface area contributed by atoms with Crippen molar-refractivity contribution in [2.45, 2.75) is 19.9 Å². The molecule has 3 rings (SSSR count). The van der Waals surface area contributed by atoms with Crippen LogP contribution in [-0.4, -0.2) is 62.3 Å². The van der Waals surface area contributed by atoms with Crippen LogP contribution in [0.4, 0.5) is 5.82 Å². The number of rotatable bonds is 3. The lowest BCUT2D eigenvalue weighted by atomic mass is 10.2. The average molecular weight is 322 g/mol. The molecule has 7 nitrogen and oxygen atoms in total. The zero-order chi connectivity index (χ0) is 15.7.